The number of nitrogens with one attached hydrogen (secondary N) is 2. The highest BCUT2D eigenvalue weighted by Crippen LogP contribution is 2.21. The van der Waals surface area contributed by atoms with Crippen LogP contribution in [0.3, 0.4) is 0 Å². The van der Waals surface area contributed by atoms with Gasteiger partial charge in [0.25, 0.3) is 5.89 Å². The molecule has 0 atom stereocenters. The van der Waals surface area contributed by atoms with Gasteiger partial charge in [0.1, 0.15) is 11.8 Å². The maximum atomic E-state index is 8.82. The summed E-state index contributed by atoms with van der Waals surface area (Å²) in [6.45, 7) is 0. The molecule has 9 nitrogen and oxygen atoms in total. The summed E-state index contributed by atoms with van der Waals surface area (Å²) < 4.78 is 5.02. The van der Waals surface area contributed by atoms with Crippen LogP contribution >= 0.6 is 0 Å². The summed E-state index contributed by atoms with van der Waals surface area (Å²) in [5.41, 5.74) is 1.18. The molecule has 82 valence electrons. The number of aromatic amines is 2. The fraction of sp³-hybridized carbons (Fsp3) is 0. The van der Waals surface area contributed by atoms with Crippen molar-refractivity contribution in [2.24, 2.45) is 0 Å². The van der Waals surface area contributed by atoms with E-state index in [1.807, 2.05) is 6.07 Å². The summed E-state index contributed by atoms with van der Waals surface area (Å²) in [5, 5.41) is 28.7. The van der Waals surface area contributed by atoms with Gasteiger partial charge in [0.15, 0.2) is 5.69 Å². The minimum absolute atomic E-state index is 0.202. The van der Waals surface area contributed by atoms with Crippen LogP contribution in [-0.2, 0) is 0 Å². The van der Waals surface area contributed by atoms with E-state index in [0.29, 0.717) is 17.1 Å². The van der Waals surface area contributed by atoms with Gasteiger partial charge in [-0.25, -0.2) is 0 Å². The Balaban J connectivity index is 2.04. The monoisotopic (exact) mass is 228 g/mol. The summed E-state index contributed by atoms with van der Waals surface area (Å²) >= 11 is 0. The van der Waals surface area contributed by atoms with Crippen LogP contribution in [0.25, 0.3) is 23.0 Å². The third kappa shape index (κ3) is 1.44. The highest BCUT2D eigenvalue weighted by molar-refractivity contribution is 5.61. The lowest BCUT2D eigenvalue weighted by Crippen LogP contribution is -1.82. The van der Waals surface area contributed by atoms with Crippen LogP contribution in [0.15, 0.2) is 16.9 Å². The molecule has 0 fully saturated rings. The van der Waals surface area contributed by atoms with Gasteiger partial charge < -0.3 is 4.52 Å². The molecule has 0 saturated heterocycles. The highest BCUT2D eigenvalue weighted by Gasteiger charge is 2.16. The lowest BCUT2D eigenvalue weighted by atomic mass is 10.2. The Labute approximate surface area is 93.5 Å². The highest BCUT2D eigenvalue weighted by atomic mass is 16.5. The van der Waals surface area contributed by atoms with Crippen LogP contribution in [0, 0.1) is 11.3 Å². The molecule has 0 aliphatic rings. The van der Waals surface area contributed by atoms with Crippen molar-refractivity contribution < 1.29 is 4.52 Å². The second-order valence-electron chi connectivity index (χ2n) is 3.05. The number of rotatable bonds is 2. The van der Waals surface area contributed by atoms with Gasteiger partial charge in [0.2, 0.25) is 5.82 Å². The predicted molar refractivity (Wildman–Crippen MR) is 52.0 cm³/mol. The Hall–Kier alpha value is -3.02. The van der Waals surface area contributed by atoms with E-state index in [1.165, 1.54) is 12.4 Å². The molecular formula is C8H4N8O. The smallest absolute Gasteiger partial charge is 0.262 e. The van der Waals surface area contributed by atoms with Crippen LogP contribution in [-0.4, -0.2) is 35.7 Å². The van der Waals surface area contributed by atoms with Crippen LogP contribution in [0.1, 0.15) is 5.69 Å². The Kier molecular flexibility index (Phi) is 1.91. The Bertz CT molecular complexity index is 673. The van der Waals surface area contributed by atoms with E-state index in [9.17, 15) is 0 Å². The average Bonchev–Trinajstić information content (AvgIpc) is 3.09. The van der Waals surface area contributed by atoms with Gasteiger partial charge >= 0.3 is 0 Å². The van der Waals surface area contributed by atoms with E-state index < -0.39 is 0 Å². The lowest BCUT2D eigenvalue weighted by Gasteiger charge is -1.85. The van der Waals surface area contributed by atoms with Gasteiger partial charge in [-0.05, 0) is 0 Å². The molecule has 3 rings (SSSR count). The SMILES string of the molecule is N#Cc1[nH]ncc1-c1nc(-c2cn[nH]n2)no1. The van der Waals surface area contributed by atoms with Gasteiger partial charge in [-0.3, -0.25) is 5.10 Å². The molecule has 3 aromatic heterocycles. The first-order valence-corrected chi connectivity index (χ1v) is 4.52. The standard InChI is InChI=1S/C8H4N8O/c9-1-5-4(2-10-13-5)8-12-7(15-17-8)6-3-11-16-14-6/h2-3H,(H,10,13)(H,11,14,16). The zero-order valence-electron chi connectivity index (χ0n) is 8.25. The summed E-state index contributed by atoms with van der Waals surface area (Å²) in [4.78, 5) is 4.09. The van der Waals surface area contributed by atoms with E-state index >= 15 is 0 Å². The zero-order valence-corrected chi connectivity index (χ0v) is 8.25. The van der Waals surface area contributed by atoms with Gasteiger partial charge in [0.05, 0.1) is 18.0 Å². The van der Waals surface area contributed by atoms with Crippen molar-refractivity contribution in [3.63, 3.8) is 0 Å². The summed E-state index contributed by atoms with van der Waals surface area (Å²) in [5.74, 6) is 0.493. The number of nitriles is 1. The van der Waals surface area contributed by atoms with Gasteiger partial charge in [-0.15, -0.1) is 0 Å². The molecule has 3 heterocycles. The lowest BCUT2D eigenvalue weighted by molar-refractivity contribution is 0.432. The topological polar surface area (TPSA) is 133 Å². The number of nitrogens with zero attached hydrogens (tertiary/aromatic N) is 6. The minimum atomic E-state index is 0.202. The second-order valence-corrected chi connectivity index (χ2v) is 3.05. The Morgan fingerprint density at radius 2 is 2.24 bits per heavy atom. The van der Waals surface area contributed by atoms with Gasteiger partial charge in [0, 0.05) is 0 Å². The molecule has 2 N–H and O–H groups in total. The van der Waals surface area contributed by atoms with E-state index in [4.69, 9.17) is 9.78 Å². The first-order chi connectivity index (χ1) is 8.38. The van der Waals surface area contributed by atoms with Gasteiger partial charge in [-0.1, -0.05) is 5.16 Å². The number of hydrogen-bond acceptors (Lipinski definition) is 7. The van der Waals surface area contributed by atoms with Crippen molar-refractivity contribution in [3.05, 3.63) is 18.1 Å². The fourth-order valence-electron chi connectivity index (χ4n) is 1.28. The molecule has 0 spiro atoms. The van der Waals surface area contributed by atoms with Crippen LogP contribution < -0.4 is 0 Å². The number of aromatic nitrogens is 7. The third-order valence-electron chi connectivity index (χ3n) is 2.05. The maximum Gasteiger partial charge on any atom is 0.262 e. The van der Waals surface area contributed by atoms with E-state index in [1.54, 1.807) is 0 Å². The van der Waals surface area contributed by atoms with E-state index in [2.05, 4.69) is 35.7 Å². The number of H-pyrrole nitrogens is 2. The van der Waals surface area contributed by atoms with Crippen molar-refractivity contribution >= 4 is 0 Å². The maximum absolute atomic E-state index is 8.82. The summed E-state index contributed by atoms with van der Waals surface area (Å²) in [6, 6.07) is 1.94. The van der Waals surface area contributed by atoms with Crippen molar-refractivity contribution in [2.45, 2.75) is 0 Å². The largest absolute Gasteiger partial charge is 0.333 e. The van der Waals surface area contributed by atoms with Crippen LogP contribution in [0.4, 0.5) is 0 Å². The Morgan fingerprint density at radius 3 is 3.00 bits per heavy atom. The molecular weight excluding hydrogens is 224 g/mol. The first-order valence-electron chi connectivity index (χ1n) is 4.52. The molecule has 0 saturated carbocycles. The molecule has 9 heteroatoms. The predicted octanol–water partition coefficient (Wildman–Crippen LogP) is 0.116. The fourth-order valence-corrected chi connectivity index (χ4v) is 1.28. The molecule has 0 unspecified atom stereocenters. The molecule has 0 bridgehead atoms. The van der Waals surface area contributed by atoms with E-state index in [-0.39, 0.29) is 11.6 Å². The van der Waals surface area contributed by atoms with Gasteiger partial charge in [-0.2, -0.15) is 30.8 Å². The normalized spacial score (nSPS) is 10.3. The second kappa shape index (κ2) is 3.53. The summed E-state index contributed by atoms with van der Waals surface area (Å²) in [7, 11) is 0. The summed E-state index contributed by atoms with van der Waals surface area (Å²) in [6.07, 6.45) is 2.91. The Morgan fingerprint density at radius 1 is 1.29 bits per heavy atom. The van der Waals surface area contributed by atoms with Crippen molar-refractivity contribution in [1.29, 1.82) is 5.26 Å². The van der Waals surface area contributed by atoms with E-state index in [0.717, 1.165) is 0 Å². The molecule has 17 heavy (non-hydrogen) atoms. The van der Waals surface area contributed by atoms with Crippen molar-refractivity contribution in [2.75, 3.05) is 0 Å². The zero-order chi connectivity index (χ0) is 11.7. The number of hydrogen-bond donors (Lipinski definition) is 2. The minimum Gasteiger partial charge on any atom is -0.333 e. The first kappa shape index (κ1) is 9.22. The average molecular weight is 228 g/mol. The molecule has 0 radical (unpaired) electrons. The molecule has 0 aliphatic carbocycles. The third-order valence-corrected chi connectivity index (χ3v) is 2.05. The molecule has 0 aromatic carbocycles. The molecule has 0 amide bonds. The van der Waals surface area contributed by atoms with Crippen molar-refractivity contribution in [3.8, 4) is 29.0 Å². The van der Waals surface area contributed by atoms with Crippen molar-refractivity contribution in [1.82, 2.24) is 35.7 Å². The van der Waals surface area contributed by atoms with Crippen LogP contribution in [0.2, 0.25) is 0 Å². The molecule has 3 aromatic rings. The quantitative estimate of drug-likeness (QED) is 0.636. The molecule has 0 aliphatic heterocycles. The van der Waals surface area contributed by atoms with Crippen LogP contribution in [0.5, 0.6) is 0 Å².